The van der Waals surface area contributed by atoms with E-state index in [2.05, 4.69) is 15.3 Å². The zero-order valence-corrected chi connectivity index (χ0v) is 6.41. The molecule has 1 aliphatic heterocycles. The van der Waals surface area contributed by atoms with Gasteiger partial charge in [-0.2, -0.15) is 9.97 Å². The number of nitrogen functional groups attached to an aromatic ring is 1. The fraction of sp³-hybridized carbons (Fsp3) is 0.286. The lowest BCUT2D eigenvalue weighted by atomic mass is 10.1. The van der Waals surface area contributed by atoms with Crippen LogP contribution in [0, 0.1) is 6.42 Å². The number of nitrogens with zero attached hydrogens (tertiary/aromatic N) is 2. The Kier molecular flexibility index (Phi) is 1.49. The van der Waals surface area contributed by atoms with Gasteiger partial charge in [-0.25, -0.2) is 0 Å². The molecule has 1 aliphatic rings. The SMILES string of the molecule is Nc1nc(O)c2c(n1)NC[CH]C2. The van der Waals surface area contributed by atoms with Crippen molar-refractivity contribution in [1.29, 1.82) is 0 Å². The van der Waals surface area contributed by atoms with Gasteiger partial charge in [0.2, 0.25) is 11.8 Å². The fourth-order valence-electron chi connectivity index (χ4n) is 1.21. The first-order valence-corrected chi connectivity index (χ1v) is 3.68. The van der Waals surface area contributed by atoms with Crippen molar-refractivity contribution < 1.29 is 5.11 Å². The highest BCUT2D eigenvalue weighted by Gasteiger charge is 2.15. The minimum atomic E-state index is -0.0269. The highest BCUT2D eigenvalue weighted by Crippen LogP contribution is 2.26. The van der Waals surface area contributed by atoms with Crippen LogP contribution in [0.1, 0.15) is 5.56 Å². The van der Waals surface area contributed by atoms with E-state index in [9.17, 15) is 5.11 Å². The molecule has 1 aromatic rings. The van der Waals surface area contributed by atoms with Gasteiger partial charge in [0, 0.05) is 6.54 Å². The number of hydrogen-bond acceptors (Lipinski definition) is 5. The van der Waals surface area contributed by atoms with Crippen LogP contribution in [-0.2, 0) is 6.42 Å². The molecule has 12 heavy (non-hydrogen) atoms. The van der Waals surface area contributed by atoms with E-state index in [0.29, 0.717) is 12.2 Å². The first-order valence-electron chi connectivity index (χ1n) is 3.68. The van der Waals surface area contributed by atoms with Crippen LogP contribution in [0.5, 0.6) is 5.88 Å². The summed E-state index contributed by atoms with van der Waals surface area (Å²) in [6.07, 6.45) is 2.69. The number of hydrogen-bond donors (Lipinski definition) is 3. The predicted molar refractivity (Wildman–Crippen MR) is 44.6 cm³/mol. The molecule has 0 spiro atoms. The number of nitrogens with one attached hydrogen (secondary N) is 1. The summed E-state index contributed by atoms with van der Waals surface area (Å²) in [5, 5.41) is 12.3. The van der Waals surface area contributed by atoms with Gasteiger partial charge in [0.15, 0.2) is 0 Å². The highest BCUT2D eigenvalue weighted by molar-refractivity contribution is 5.54. The third-order valence-electron chi connectivity index (χ3n) is 1.76. The maximum atomic E-state index is 9.35. The molecule has 0 bridgehead atoms. The molecule has 2 rings (SSSR count). The van der Waals surface area contributed by atoms with Crippen LogP contribution in [-0.4, -0.2) is 21.6 Å². The largest absolute Gasteiger partial charge is 0.493 e. The average molecular weight is 165 g/mol. The maximum absolute atomic E-state index is 9.35. The molecule has 63 valence electrons. The first-order chi connectivity index (χ1) is 5.77. The van der Waals surface area contributed by atoms with Crippen molar-refractivity contribution >= 4 is 11.8 Å². The van der Waals surface area contributed by atoms with Crippen molar-refractivity contribution in [3.63, 3.8) is 0 Å². The van der Waals surface area contributed by atoms with Crippen molar-refractivity contribution in [3.05, 3.63) is 12.0 Å². The van der Waals surface area contributed by atoms with E-state index in [4.69, 9.17) is 5.73 Å². The lowest BCUT2D eigenvalue weighted by molar-refractivity contribution is 0.446. The van der Waals surface area contributed by atoms with Crippen LogP contribution < -0.4 is 11.1 Å². The molecule has 0 amide bonds. The number of anilines is 2. The monoisotopic (exact) mass is 165 g/mol. The number of aromatic nitrogens is 2. The van der Waals surface area contributed by atoms with E-state index >= 15 is 0 Å². The fourth-order valence-corrected chi connectivity index (χ4v) is 1.21. The van der Waals surface area contributed by atoms with E-state index < -0.39 is 0 Å². The molecule has 2 heterocycles. The number of nitrogens with two attached hydrogens (primary N) is 1. The van der Waals surface area contributed by atoms with Crippen molar-refractivity contribution in [1.82, 2.24) is 9.97 Å². The zero-order valence-electron chi connectivity index (χ0n) is 6.41. The summed E-state index contributed by atoms with van der Waals surface area (Å²) in [5.74, 6) is 0.712. The standard InChI is InChI=1S/C7H9N4O/c8-7-10-5-4(6(12)11-7)2-1-3-9-5/h1H,2-3H2,(H4,8,9,10,11,12). The third kappa shape index (κ3) is 1.03. The normalized spacial score (nSPS) is 15.0. The predicted octanol–water partition coefficient (Wildman–Crippen LogP) is -0.0633. The molecular formula is C7H9N4O. The minimum Gasteiger partial charge on any atom is -0.493 e. The van der Waals surface area contributed by atoms with Gasteiger partial charge < -0.3 is 16.2 Å². The van der Waals surface area contributed by atoms with E-state index in [1.807, 2.05) is 6.42 Å². The minimum absolute atomic E-state index is 0.0269. The molecule has 0 unspecified atom stereocenters. The molecule has 0 fully saturated rings. The van der Waals surface area contributed by atoms with Gasteiger partial charge in [0.25, 0.3) is 0 Å². The van der Waals surface area contributed by atoms with Crippen LogP contribution in [0.4, 0.5) is 11.8 Å². The van der Waals surface area contributed by atoms with Gasteiger partial charge in [-0.15, -0.1) is 0 Å². The molecule has 5 heteroatoms. The van der Waals surface area contributed by atoms with Crippen LogP contribution in [0.15, 0.2) is 0 Å². The van der Waals surface area contributed by atoms with Gasteiger partial charge >= 0.3 is 0 Å². The van der Waals surface area contributed by atoms with Crippen molar-refractivity contribution in [2.75, 3.05) is 17.6 Å². The smallest absolute Gasteiger partial charge is 0.225 e. The summed E-state index contributed by atoms with van der Waals surface area (Å²) >= 11 is 0. The molecule has 1 radical (unpaired) electrons. The van der Waals surface area contributed by atoms with Gasteiger partial charge in [-0.1, -0.05) is 0 Å². The lowest BCUT2D eigenvalue weighted by Crippen LogP contribution is -2.15. The van der Waals surface area contributed by atoms with Crippen LogP contribution in [0.25, 0.3) is 0 Å². The zero-order chi connectivity index (χ0) is 8.55. The molecule has 5 nitrogen and oxygen atoms in total. The lowest BCUT2D eigenvalue weighted by Gasteiger charge is -2.16. The van der Waals surface area contributed by atoms with E-state index in [0.717, 1.165) is 12.1 Å². The first kappa shape index (κ1) is 7.15. The van der Waals surface area contributed by atoms with Crippen molar-refractivity contribution in [2.24, 2.45) is 0 Å². The van der Waals surface area contributed by atoms with E-state index in [1.54, 1.807) is 0 Å². The summed E-state index contributed by atoms with van der Waals surface area (Å²) in [5.41, 5.74) is 6.07. The second-order valence-electron chi connectivity index (χ2n) is 2.61. The summed E-state index contributed by atoms with van der Waals surface area (Å²) in [4.78, 5) is 7.60. The summed E-state index contributed by atoms with van der Waals surface area (Å²) in [6, 6.07) is 0. The Labute approximate surface area is 69.6 Å². The number of aromatic hydroxyl groups is 1. The molecule has 0 atom stereocenters. The summed E-state index contributed by atoms with van der Waals surface area (Å²) in [7, 11) is 0. The average Bonchev–Trinajstić information content (AvgIpc) is 2.04. The van der Waals surface area contributed by atoms with Crippen LogP contribution in [0.3, 0.4) is 0 Å². The quantitative estimate of drug-likeness (QED) is 0.501. The van der Waals surface area contributed by atoms with Gasteiger partial charge in [0.05, 0.1) is 5.56 Å². The molecule has 0 saturated heterocycles. The number of fused-ring (bicyclic) bond motifs is 1. The molecule has 0 aromatic carbocycles. The Bertz CT molecular complexity index is 313. The summed E-state index contributed by atoms with van der Waals surface area (Å²) in [6.45, 7) is 0.753. The Morgan fingerprint density at radius 3 is 3.17 bits per heavy atom. The Balaban J connectivity index is 2.53. The Morgan fingerprint density at radius 2 is 2.33 bits per heavy atom. The molecule has 0 aliphatic carbocycles. The second kappa shape index (κ2) is 2.51. The van der Waals surface area contributed by atoms with E-state index in [-0.39, 0.29) is 11.8 Å². The highest BCUT2D eigenvalue weighted by atomic mass is 16.3. The molecule has 0 saturated carbocycles. The van der Waals surface area contributed by atoms with E-state index in [1.165, 1.54) is 0 Å². The number of rotatable bonds is 0. The second-order valence-corrected chi connectivity index (χ2v) is 2.61. The Hall–Kier alpha value is -1.52. The van der Waals surface area contributed by atoms with Crippen molar-refractivity contribution in [3.8, 4) is 5.88 Å². The van der Waals surface area contributed by atoms with Gasteiger partial charge in [0.1, 0.15) is 5.82 Å². The Morgan fingerprint density at radius 1 is 1.50 bits per heavy atom. The topological polar surface area (TPSA) is 84.1 Å². The van der Waals surface area contributed by atoms with Crippen molar-refractivity contribution in [2.45, 2.75) is 6.42 Å². The molecule has 1 aromatic heterocycles. The van der Waals surface area contributed by atoms with Crippen LogP contribution >= 0.6 is 0 Å². The van der Waals surface area contributed by atoms with Gasteiger partial charge in [-0.05, 0) is 12.8 Å². The molecular weight excluding hydrogens is 156 g/mol. The van der Waals surface area contributed by atoms with Crippen LogP contribution in [0.2, 0.25) is 0 Å². The molecule has 4 N–H and O–H groups in total. The third-order valence-corrected chi connectivity index (χ3v) is 1.76. The maximum Gasteiger partial charge on any atom is 0.225 e. The van der Waals surface area contributed by atoms with Gasteiger partial charge in [-0.3, -0.25) is 0 Å². The summed E-state index contributed by atoms with van der Waals surface area (Å²) < 4.78 is 0.